The number of rotatable bonds is 6. The Bertz CT molecular complexity index is 646. The number of hydrogen-bond donors (Lipinski definition) is 1. The van der Waals surface area contributed by atoms with Gasteiger partial charge in [0.15, 0.2) is 0 Å². The predicted octanol–water partition coefficient (Wildman–Crippen LogP) is 2.77. The Labute approximate surface area is 125 Å². The molecular formula is C16H23N3O2. The highest BCUT2D eigenvalue weighted by Crippen LogP contribution is 2.18. The second-order valence-corrected chi connectivity index (χ2v) is 5.75. The fourth-order valence-electron chi connectivity index (χ4n) is 2.40. The summed E-state index contributed by atoms with van der Waals surface area (Å²) in [7, 11) is 2.13. The number of aryl methyl sites for hydroxylation is 2. The van der Waals surface area contributed by atoms with Gasteiger partial charge in [0.2, 0.25) is 0 Å². The van der Waals surface area contributed by atoms with E-state index in [1.54, 1.807) is 12.1 Å². The zero-order chi connectivity index (χ0) is 15.6. The Hall–Kier alpha value is -1.88. The molecule has 1 N–H and O–H groups in total. The average molecular weight is 289 g/mol. The molecule has 0 atom stereocenters. The number of imidazole rings is 1. The van der Waals surface area contributed by atoms with Gasteiger partial charge in [0.25, 0.3) is 0 Å². The van der Waals surface area contributed by atoms with E-state index in [-0.39, 0.29) is 5.56 Å². The first-order chi connectivity index (χ1) is 9.90. The molecule has 0 amide bonds. The van der Waals surface area contributed by atoms with Crippen molar-refractivity contribution in [2.45, 2.75) is 39.8 Å². The number of nitrogens with zero attached hydrogens (tertiary/aromatic N) is 3. The van der Waals surface area contributed by atoms with Gasteiger partial charge >= 0.3 is 5.97 Å². The fourth-order valence-corrected chi connectivity index (χ4v) is 2.40. The van der Waals surface area contributed by atoms with Crippen molar-refractivity contribution < 1.29 is 9.90 Å². The van der Waals surface area contributed by atoms with Crippen LogP contribution in [0, 0.1) is 6.92 Å². The second-order valence-electron chi connectivity index (χ2n) is 5.75. The van der Waals surface area contributed by atoms with Crippen LogP contribution < -0.4 is 0 Å². The van der Waals surface area contributed by atoms with Gasteiger partial charge in [-0.3, -0.25) is 0 Å². The molecule has 0 radical (unpaired) electrons. The molecule has 0 aliphatic heterocycles. The van der Waals surface area contributed by atoms with E-state index in [4.69, 9.17) is 5.11 Å². The van der Waals surface area contributed by atoms with Crippen molar-refractivity contribution in [3.05, 3.63) is 29.6 Å². The van der Waals surface area contributed by atoms with E-state index >= 15 is 0 Å². The number of benzene rings is 1. The maximum Gasteiger partial charge on any atom is 0.335 e. The third-order valence-corrected chi connectivity index (χ3v) is 3.96. The van der Waals surface area contributed by atoms with Crippen molar-refractivity contribution >= 4 is 17.0 Å². The Morgan fingerprint density at radius 3 is 2.76 bits per heavy atom. The van der Waals surface area contributed by atoms with E-state index in [9.17, 15) is 4.79 Å². The van der Waals surface area contributed by atoms with E-state index in [2.05, 4.69) is 35.3 Å². The number of hydrogen-bond acceptors (Lipinski definition) is 3. The summed E-state index contributed by atoms with van der Waals surface area (Å²) < 4.78 is 2.16. The standard InChI is InChI=1S/C16H23N3O2/c1-11(2)18(4)8-5-9-19-12(3)17-14-10-13(16(20)21)6-7-15(14)19/h6-7,10-11H,5,8-9H2,1-4H3,(H,20,21). The van der Waals surface area contributed by atoms with Crippen molar-refractivity contribution in [3.8, 4) is 0 Å². The molecule has 21 heavy (non-hydrogen) atoms. The number of fused-ring (bicyclic) bond motifs is 1. The monoisotopic (exact) mass is 289 g/mol. The molecule has 0 bridgehead atoms. The van der Waals surface area contributed by atoms with Gasteiger partial charge in [-0.25, -0.2) is 9.78 Å². The molecule has 5 nitrogen and oxygen atoms in total. The SMILES string of the molecule is Cc1nc2cc(C(=O)O)ccc2n1CCCN(C)C(C)C. The highest BCUT2D eigenvalue weighted by atomic mass is 16.4. The maximum absolute atomic E-state index is 11.0. The lowest BCUT2D eigenvalue weighted by Gasteiger charge is -2.21. The molecule has 1 aromatic carbocycles. The third kappa shape index (κ3) is 3.42. The van der Waals surface area contributed by atoms with Gasteiger partial charge in [-0.05, 0) is 59.0 Å². The minimum absolute atomic E-state index is 0.284. The van der Waals surface area contributed by atoms with Crippen LogP contribution in [-0.4, -0.2) is 45.2 Å². The highest BCUT2D eigenvalue weighted by Gasteiger charge is 2.11. The second kappa shape index (κ2) is 6.26. The largest absolute Gasteiger partial charge is 0.478 e. The van der Waals surface area contributed by atoms with Crippen molar-refractivity contribution in [3.63, 3.8) is 0 Å². The molecule has 0 unspecified atom stereocenters. The zero-order valence-corrected chi connectivity index (χ0v) is 13.1. The van der Waals surface area contributed by atoms with E-state index < -0.39 is 5.97 Å². The van der Waals surface area contributed by atoms with Crippen molar-refractivity contribution in [2.75, 3.05) is 13.6 Å². The summed E-state index contributed by atoms with van der Waals surface area (Å²) in [6, 6.07) is 5.68. The molecule has 0 fully saturated rings. The van der Waals surface area contributed by atoms with Gasteiger partial charge in [-0.1, -0.05) is 0 Å². The van der Waals surface area contributed by atoms with Crippen LogP contribution >= 0.6 is 0 Å². The van der Waals surface area contributed by atoms with Crippen molar-refractivity contribution in [2.24, 2.45) is 0 Å². The molecule has 0 spiro atoms. The first-order valence-corrected chi connectivity index (χ1v) is 7.30. The van der Waals surface area contributed by atoms with Crippen LogP contribution in [0.5, 0.6) is 0 Å². The molecule has 5 heteroatoms. The quantitative estimate of drug-likeness (QED) is 0.888. The molecule has 1 aromatic heterocycles. The van der Waals surface area contributed by atoms with E-state index in [0.29, 0.717) is 6.04 Å². The van der Waals surface area contributed by atoms with Gasteiger partial charge in [-0.2, -0.15) is 0 Å². The van der Waals surface area contributed by atoms with Gasteiger partial charge in [0, 0.05) is 12.6 Å². The summed E-state index contributed by atoms with van der Waals surface area (Å²) in [6.07, 6.45) is 1.04. The van der Waals surface area contributed by atoms with Gasteiger partial charge in [-0.15, -0.1) is 0 Å². The number of aromatic nitrogens is 2. The average Bonchev–Trinajstić information content (AvgIpc) is 2.73. The topological polar surface area (TPSA) is 58.4 Å². The summed E-state index contributed by atoms with van der Waals surface area (Å²) >= 11 is 0. The summed E-state index contributed by atoms with van der Waals surface area (Å²) in [6.45, 7) is 8.26. The van der Waals surface area contributed by atoms with Gasteiger partial charge in [0.05, 0.1) is 16.6 Å². The maximum atomic E-state index is 11.0. The molecule has 114 valence electrons. The molecular weight excluding hydrogens is 266 g/mol. The number of carbonyl (C=O) groups is 1. The fraction of sp³-hybridized carbons (Fsp3) is 0.500. The Balaban J connectivity index is 2.16. The number of carboxylic acids is 1. The molecule has 0 aliphatic carbocycles. The summed E-state index contributed by atoms with van der Waals surface area (Å²) in [5.74, 6) is 0.0161. The molecule has 1 heterocycles. The van der Waals surface area contributed by atoms with Crippen LogP contribution in [0.1, 0.15) is 36.5 Å². The Morgan fingerprint density at radius 2 is 2.14 bits per heavy atom. The Morgan fingerprint density at radius 1 is 1.43 bits per heavy atom. The molecule has 2 aromatic rings. The zero-order valence-electron chi connectivity index (χ0n) is 13.1. The van der Waals surface area contributed by atoms with Crippen LogP contribution in [0.4, 0.5) is 0 Å². The molecule has 2 rings (SSSR count). The Kier molecular flexibility index (Phi) is 4.63. The molecule has 0 saturated heterocycles. The lowest BCUT2D eigenvalue weighted by atomic mass is 10.2. The van der Waals surface area contributed by atoms with Crippen LogP contribution in [0.2, 0.25) is 0 Å². The smallest absolute Gasteiger partial charge is 0.335 e. The molecule has 0 saturated carbocycles. The number of aromatic carboxylic acids is 1. The van der Waals surface area contributed by atoms with Crippen molar-refractivity contribution in [1.82, 2.24) is 14.5 Å². The lowest BCUT2D eigenvalue weighted by molar-refractivity contribution is 0.0697. The third-order valence-electron chi connectivity index (χ3n) is 3.96. The predicted molar refractivity (Wildman–Crippen MR) is 83.8 cm³/mol. The summed E-state index contributed by atoms with van der Waals surface area (Å²) in [5, 5.41) is 9.03. The first-order valence-electron chi connectivity index (χ1n) is 7.30. The molecule has 0 aliphatic rings. The highest BCUT2D eigenvalue weighted by molar-refractivity contribution is 5.92. The van der Waals surface area contributed by atoms with E-state index in [1.165, 1.54) is 0 Å². The van der Waals surface area contributed by atoms with Gasteiger partial charge < -0.3 is 14.6 Å². The lowest BCUT2D eigenvalue weighted by Crippen LogP contribution is -2.27. The van der Waals surface area contributed by atoms with Gasteiger partial charge in [0.1, 0.15) is 5.82 Å². The van der Waals surface area contributed by atoms with Crippen LogP contribution in [0.15, 0.2) is 18.2 Å². The normalized spacial score (nSPS) is 11.7. The minimum atomic E-state index is -0.914. The van der Waals surface area contributed by atoms with Crippen LogP contribution in [-0.2, 0) is 6.54 Å². The number of carboxylic acid groups (broad SMARTS) is 1. The van der Waals surface area contributed by atoms with Crippen LogP contribution in [0.25, 0.3) is 11.0 Å². The van der Waals surface area contributed by atoms with E-state index in [1.807, 2.05) is 13.0 Å². The van der Waals surface area contributed by atoms with Crippen molar-refractivity contribution in [1.29, 1.82) is 0 Å². The first kappa shape index (κ1) is 15.5. The van der Waals surface area contributed by atoms with E-state index in [0.717, 1.165) is 36.4 Å². The summed E-state index contributed by atoms with van der Waals surface area (Å²) in [5.41, 5.74) is 2.04. The van der Waals surface area contributed by atoms with Crippen LogP contribution in [0.3, 0.4) is 0 Å². The minimum Gasteiger partial charge on any atom is -0.478 e. The summed E-state index contributed by atoms with van der Waals surface area (Å²) in [4.78, 5) is 17.8.